The van der Waals surface area contributed by atoms with Crippen LogP contribution in [0.2, 0.25) is 0 Å². The summed E-state index contributed by atoms with van der Waals surface area (Å²) in [6.07, 6.45) is -1.29. The predicted octanol–water partition coefficient (Wildman–Crippen LogP) is 0.695. The molecule has 0 bridgehead atoms. The fraction of sp³-hybridized carbons (Fsp3) is 0.385. The largest absolute Gasteiger partial charge is 0.493 e. The van der Waals surface area contributed by atoms with Gasteiger partial charge in [-0.05, 0) is 0 Å². The van der Waals surface area contributed by atoms with Crippen molar-refractivity contribution in [1.82, 2.24) is 5.32 Å². The molecule has 0 saturated carbocycles. The van der Waals surface area contributed by atoms with Crippen molar-refractivity contribution < 1.29 is 28.9 Å². The molecule has 0 fully saturated rings. The van der Waals surface area contributed by atoms with Crippen LogP contribution in [0.3, 0.4) is 0 Å². The minimum absolute atomic E-state index is 0.0992. The molecule has 1 unspecified atom stereocenters. The van der Waals surface area contributed by atoms with E-state index in [1.165, 1.54) is 26.2 Å². The number of carbonyl (C=O) groups excluding carboxylic acids is 1. The van der Waals surface area contributed by atoms with Crippen molar-refractivity contribution in [3.05, 3.63) is 12.1 Å². The van der Waals surface area contributed by atoms with Gasteiger partial charge < -0.3 is 29.5 Å². The number of benzene rings is 1. The van der Waals surface area contributed by atoms with Crippen molar-refractivity contribution in [3.63, 3.8) is 0 Å². The molecule has 1 aliphatic rings. The fourth-order valence-electron chi connectivity index (χ4n) is 2.08. The second-order valence-corrected chi connectivity index (χ2v) is 4.39. The number of likely N-dealkylation sites (N-methyl/N-ethyl adjacent to an activating group) is 1. The van der Waals surface area contributed by atoms with Crippen LogP contribution in [0.5, 0.6) is 17.2 Å². The van der Waals surface area contributed by atoms with Crippen LogP contribution >= 0.6 is 0 Å². The molecule has 0 aromatic heterocycles. The number of hydrogen-bond donors (Lipinski definition) is 2. The summed E-state index contributed by atoms with van der Waals surface area (Å²) in [6.45, 7) is -0.0992. The first-order chi connectivity index (χ1) is 9.97. The van der Waals surface area contributed by atoms with E-state index in [1.807, 2.05) is 0 Å². The first kappa shape index (κ1) is 14.8. The monoisotopic (exact) mass is 296 g/mol. The summed E-state index contributed by atoms with van der Waals surface area (Å²) in [7, 11) is 4.52. The molecule has 114 valence electrons. The molecule has 1 aromatic carbocycles. The van der Waals surface area contributed by atoms with Gasteiger partial charge in [0.05, 0.1) is 19.9 Å². The zero-order chi connectivity index (χ0) is 15.6. The molecule has 8 nitrogen and oxygen atoms in total. The first-order valence-corrected chi connectivity index (χ1v) is 6.13. The minimum Gasteiger partial charge on any atom is -0.493 e. The predicted molar refractivity (Wildman–Crippen MR) is 73.4 cm³/mol. The highest BCUT2D eigenvalue weighted by Crippen LogP contribution is 2.40. The van der Waals surface area contributed by atoms with Crippen molar-refractivity contribution in [2.24, 2.45) is 0 Å². The summed E-state index contributed by atoms with van der Waals surface area (Å²) in [6, 6.07) is 2.23. The van der Waals surface area contributed by atoms with E-state index in [-0.39, 0.29) is 6.61 Å². The van der Waals surface area contributed by atoms with E-state index >= 15 is 0 Å². The Morgan fingerprint density at radius 1 is 1.38 bits per heavy atom. The van der Waals surface area contributed by atoms with E-state index in [1.54, 1.807) is 12.1 Å². The third-order valence-electron chi connectivity index (χ3n) is 3.16. The summed E-state index contributed by atoms with van der Waals surface area (Å²) in [4.78, 5) is 24.3. The van der Waals surface area contributed by atoms with Crippen molar-refractivity contribution in [2.75, 3.05) is 32.8 Å². The van der Waals surface area contributed by atoms with Crippen molar-refractivity contribution in [3.8, 4) is 17.2 Å². The van der Waals surface area contributed by atoms with E-state index in [0.29, 0.717) is 22.9 Å². The van der Waals surface area contributed by atoms with Crippen LogP contribution in [0.15, 0.2) is 12.1 Å². The van der Waals surface area contributed by atoms with Crippen LogP contribution in [0, 0.1) is 0 Å². The molecule has 21 heavy (non-hydrogen) atoms. The number of anilines is 1. The van der Waals surface area contributed by atoms with Crippen LogP contribution in [0.25, 0.3) is 0 Å². The zero-order valence-electron chi connectivity index (χ0n) is 11.9. The molecule has 2 N–H and O–H groups in total. The van der Waals surface area contributed by atoms with Gasteiger partial charge in [0.15, 0.2) is 11.5 Å². The van der Waals surface area contributed by atoms with Crippen molar-refractivity contribution >= 4 is 17.7 Å². The second kappa shape index (κ2) is 5.78. The Balaban J connectivity index is 2.41. The molecule has 0 saturated heterocycles. The van der Waals surface area contributed by atoms with E-state index in [9.17, 15) is 9.59 Å². The van der Waals surface area contributed by atoms with Gasteiger partial charge in [-0.1, -0.05) is 0 Å². The van der Waals surface area contributed by atoms with E-state index in [0.717, 1.165) is 0 Å². The molecule has 0 aliphatic carbocycles. The van der Waals surface area contributed by atoms with Gasteiger partial charge in [0, 0.05) is 19.2 Å². The van der Waals surface area contributed by atoms with Gasteiger partial charge in [-0.25, -0.2) is 4.79 Å². The minimum atomic E-state index is -1.29. The zero-order valence-corrected chi connectivity index (χ0v) is 11.9. The first-order valence-electron chi connectivity index (χ1n) is 6.13. The van der Waals surface area contributed by atoms with Crippen molar-refractivity contribution in [2.45, 2.75) is 6.04 Å². The van der Waals surface area contributed by atoms with Crippen LogP contribution < -0.4 is 24.4 Å². The van der Waals surface area contributed by atoms with Gasteiger partial charge in [0.2, 0.25) is 0 Å². The summed E-state index contributed by atoms with van der Waals surface area (Å²) < 4.78 is 15.9. The number of amides is 2. The highest BCUT2D eigenvalue weighted by Gasteiger charge is 2.31. The number of nitrogens with zero attached hydrogens (tertiary/aromatic N) is 1. The van der Waals surface area contributed by atoms with E-state index in [2.05, 4.69) is 5.32 Å². The Morgan fingerprint density at radius 2 is 2.00 bits per heavy atom. The molecular weight excluding hydrogens is 280 g/mol. The van der Waals surface area contributed by atoms with Gasteiger partial charge in [-0.3, -0.25) is 4.79 Å². The molecule has 2 rings (SSSR count). The van der Waals surface area contributed by atoms with Crippen LogP contribution in [-0.2, 0) is 4.79 Å². The average Bonchev–Trinajstić information content (AvgIpc) is 2.58. The van der Waals surface area contributed by atoms with Crippen LogP contribution in [-0.4, -0.2) is 51.0 Å². The molecular formula is C13H16N2O6. The van der Waals surface area contributed by atoms with Gasteiger partial charge in [0.25, 0.3) is 5.91 Å². The Bertz CT molecular complexity index is 574. The van der Waals surface area contributed by atoms with Crippen LogP contribution in [0.4, 0.5) is 10.5 Å². The van der Waals surface area contributed by atoms with E-state index in [4.69, 9.17) is 19.3 Å². The maximum Gasteiger partial charge on any atom is 0.405 e. The number of rotatable bonds is 3. The molecule has 1 aliphatic heterocycles. The van der Waals surface area contributed by atoms with Gasteiger partial charge >= 0.3 is 6.09 Å². The number of carboxylic acid groups (broad SMARTS) is 1. The summed E-state index contributed by atoms with van der Waals surface area (Å²) in [5, 5.41) is 10.9. The van der Waals surface area contributed by atoms with E-state index < -0.39 is 18.0 Å². The Labute approximate surface area is 121 Å². The molecule has 2 amide bonds. The normalized spacial score (nSPS) is 17.4. The number of carbonyl (C=O) groups is 2. The highest BCUT2D eigenvalue weighted by atomic mass is 16.5. The highest BCUT2D eigenvalue weighted by molar-refractivity contribution is 6.00. The number of nitrogens with one attached hydrogen (secondary N) is 1. The number of hydrogen-bond acceptors (Lipinski definition) is 5. The smallest absolute Gasteiger partial charge is 0.405 e. The van der Waals surface area contributed by atoms with Crippen LogP contribution in [0.1, 0.15) is 0 Å². The third-order valence-corrected chi connectivity index (χ3v) is 3.16. The van der Waals surface area contributed by atoms with Gasteiger partial charge in [-0.2, -0.15) is 0 Å². The fourth-order valence-corrected chi connectivity index (χ4v) is 2.08. The van der Waals surface area contributed by atoms with Crippen molar-refractivity contribution in [1.29, 1.82) is 0 Å². The maximum absolute atomic E-state index is 12.2. The molecule has 8 heteroatoms. The van der Waals surface area contributed by atoms with Gasteiger partial charge in [-0.15, -0.1) is 0 Å². The lowest BCUT2D eigenvalue weighted by Gasteiger charge is -2.20. The summed E-state index contributed by atoms with van der Waals surface area (Å²) in [5.74, 6) is 0.910. The maximum atomic E-state index is 12.2. The second-order valence-electron chi connectivity index (χ2n) is 4.39. The lowest BCUT2D eigenvalue weighted by Crippen LogP contribution is -2.48. The third kappa shape index (κ3) is 2.78. The molecule has 1 atom stereocenters. The summed E-state index contributed by atoms with van der Waals surface area (Å²) in [5.41, 5.74) is 0.479. The Morgan fingerprint density at radius 3 is 2.57 bits per heavy atom. The number of ether oxygens (including phenoxy) is 3. The lowest BCUT2D eigenvalue weighted by molar-refractivity contribution is -0.120. The Hall–Kier alpha value is -2.64. The molecule has 0 radical (unpaired) electrons. The quantitative estimate of drug-likeness (QED) is 0.852. The topological polar surface area (TPSA) is 97.3 Å². The average molecular weight is 296 g/mol. The molecule has 1 heterocycles. The SMILES string of the molecule is COc1cc2c(cc1OC)N(C)C(=O)C(NC(=O)O)CO2. The van der Waals surface area contributed by atoms with Gasteiger partial charge in [0.1, 0.15) is 18.4 Å². The summed E-state index contributed by atoms with van der Waals surface area (Å²) >= 11 is 0. The Kier molecular flexibility index (Phi) is 4.06. The molecule has 1 aromatic rings. The standard InChI is InChI=1S/C13H16N2O6/c1-15-8-4-10(19-2)11(20-3)5-9(8)21-6-7(12(15)16)14-13(17)18/h4-5,7,14H,6H2,1-3H3,(H,17,18). The number of methoxy groups -OCH3 is 2. The molecule has 0 spiro atoms. The number of fused-ring (bicyclic) bond motifs is 1. The lowest BCUT2D eigenvalue weighted by atomic mass is 10.2.